The van der Waals surface area contributed by atoms with Gasteiger partial charge < -0.3 is 19.5 Å². The van der Waals surface area contributed by atoms with E-state index >= 15 is 0 Å². The summed E-state index contributed by atoms with van der Waals surface area (Å²) in [6, 6.07) is 3.05. The average Bonchev–Trinajstić information content (AvgIpc) is 3.26. The van der Waals surface area contributed by atoms with Crippen molar-refractivity contribution in [1.82, 2.24) is 19.4 Å². The van der Waals surface area contributed by atoms with Crippen molar-refractivity contribution in [3.05, 3.63) is 62.8 Å². The molecule has 3 aromatic rings. The number of pyridine rings is 3. The lowest BCUT2D eigenvalue weighted by Crippen LogP contribution is -2.30. The van der Waals surface area contributed by atoms with E-state index in [0.29, 0.717) is 30.5 Å². The van der Waals surface area contributed by atoms with Crippen LogP contribution in [0.25, 0.3) is 11.0 Å². The van der Waals surface area contributed by atoms with Gasteiger partial charge in [0.2, 0.25) is 5.43 Å². The second-order valence-electron chi connectivity index (χ2n) is 6.94. The maximum atomic E-state index is 13.0. The monoisotopic (exact) mass is 461 g/mol. The lowest BCUT2D eigenvalue weighted by molar-refractivity contribution is 0.102. The first-order valence-electron chi connectivity index (χ1n) is 9.33. The van der Waals surface area contributed by atoms with Gasteiger partial charge in [-0.25, -0.2) is 9.78 Å². The van der Waals surface area contributed by atoms with E-state index in [1.165, 1.54) is 25.7 Å². The highest BCUT2D eigenvalue weighted by Crippen LogP contribution is 2.29. The van der Waals surface area contributed by atoms with Crippen molar-refractivity contribution in [1.29, 1.82) is 0 Å². The minimum Gasteiger partial charge on any atom is -0.453 e. The number of halogens is 2. The van der Waals surface area contributed by atoms with Crippen molar-refractivity contribution in [2.75, 3.05) is 25.5 Å². The molecule has 2 amide bonds. The lowest BCUT2D eigenvalue weighted by Gasteiger charge is -2.19. The standard InChI is InChI=1S/C20H17Cl2N5O4/c1-31-20(30)26-6-4-11(9-26)27-10-13(17(28)12-3-2-5-24-18(12)27)19(29)25-16-14(21)7-23-8-15(16)22/h2-3,5,7-8,10-11H,4,6,9H2,1H3,(H,23,25,29). The molecule has 0 aliphatic carbocycles. The van der Waals surface area contributed by atoms with Gasteiger partial charge in [-0.1, -0.05) is 23.2 Å². The Balaban J connectivity index is 1.77. The Morgan fingerprint density at radius 2 is 2.00 bits per heavy atom. The van der Waals surface area contributed by atoms with Crippen LogP contribution in [0.15, 0.2) is 41.7 Å². The molecule has 1 saturated heterocycles. The molecular formula is C20H17Cl2N5O4. The molecule has 160 valence electrons. The normalized spacial score (nSPS) is 15.8. The Morgan fingerprint density at radius 3 is 2.71 bits per heavy atom. The van der Waals surface area contributed by atoms with Gasteiger partial charge in [0.05, 0.1) is 34.3 Å². The van der Waals surface area contributed by atoms with Crippen LogP contribution in [0.4, 0.5) is 10.5 Å². The number of likely N-dealkylation sites (tertiary alicyclic amines) is 1. The third-order valence-electron chi connectivity index (χ3n) is 5.11. The molecular weight excluding hydrogens is 445 g/mol. The zero-order chi connectivity index (χ0) is 22.1. The van der Waals surface area contributed by atoms with Crippen LogP contribution in [-0.4, -0.2) is 51.6 Å². The van der Waals surface area contributed by atoms with Crippen molar-refractivity contribution in [3.8, 4) is 0 Å². The van der Waals surface area contributed by atoms with Crippen molar-refractivity contribution >= 4 is 51.9 Å². The number of fused-ring (bicyclic) bond motifs is 1. The molecule has 1 fully saturated rings. The van der Waals surface area contributed by atoms with Gasteiger partial charge in [-0.05, 0) is 18.6 Å². The van der Waals surface area contributed by atoms with Gasteiger partial charge in [-0.3, -0.25) is 14.6 Å². The van der Waals surface area contributed by atoms with Gasteiger partial charge in [0.1, 0.15) is 11.2 Å². The zero-order valence-electron chi connectivity index (χ0n) is 16.3. The molecule has 3 aromatic heterocycles. The van der Waals surface area contributed by atoms with Crippen LogP contribution in [0.3, 0.4) is 0 Å². The van der Waals surface area contributed by atoms with E-state index in [-0.39, 0.29) is 27.3 Å². The van der Waals surface area contributed by atoms with Gasteiger partial charge in [0.15, 0.2) is 0 Å². The maximum absolute atomic E-state index is 13.0. The van der Waals surface area contributed by atoms with Gasteiger partial charge in [0.25, 0.3) is 5.91 Å². The third kappa shape index (κ3) is 3.94. The van der Waals surface area contributed by atoms with Crippen LogP contribution in [0.5, 0.6) is 0 Å². The number of anilines is 1. The summed E-state index contributed by atoms with van der Waals surface area (Å²) in [5, 5.41) is 3.18. The van der Waals surface area contributed by atoms with E-state index in [1.807, 2.05) is 0 Å². The number of methoxy groups -OCH3 is 1. The predicted octanol–water partition coefficient (Wildman–Crippen LogP) is 3.36. The minimum absolute atomic E-state index is 0.0963. The molecule has 11 heteroatoms. The van der Waals surface area contributed by atoms with E-state index in [9.17, 15) is 14.4 Å². The van der Waals surface area contributed by atoms with Gasteiger partial charge in [-0.2, -0.15) is 0 Å². The summed E-state index contributed by atoms with van der Waals surface area (Å²) in [5.74, 6) is -0.665. The highest BCUT2D eigenvalue weighted by atomic mass is 35.5. The predicted molar refractivity (Wildman–Crippen MR) is 116 cm³/mol. The van der Waals surface area contributed by atoms with Crippen LogP contribution >= 0.6 is 23.2 Å². The van der Waals surface area contributed by atoms with Crippen molar-refractivity contribution in [2.45, 2.75) is 12.5 Å². The van der Waals surface area contributed by atoms with Crippen LogP contribution in [0.2, 0.25) is 10.0 Å². The Morgan fingerprint density at radius 1 is 1.26 bits per heavy atom. The van der Waals surface area contributed by atoms with E-state index in [1.54, 1.807) is 27.8 Å². The Bertz CT molecular complexity index is 1230. The first-order chi connectivity index (χ1) is 14.9. The Kier molecular flexibility index (Phi) is 5.79. The summed E-state index contributed by atoms with van der Waals surface area (Å²) in [7, 11) is 1.32. The minimum atomic E-state index is -0.665. The molecule has 0 saturated carbocycles. The van der Waals surface area contributed by atoms with Crippen LogP contribution in [0.1, 0.15) is 22.8 Å². The highest BCUT2D eigenvalue weighted by Gasteiger charge is 2.30. The number of nitrogens with zero attached hydrogens (tertiary/aromatic N) is 4. The molecule has 1 aliphatic heterocycles. The summed E-state index contributed by atoms with van der Waals surface area (Å²) in [5.41, 5.74) is 0.0287. The second-order valence-corrected chi connectivity index (χ2v) is 7.76. The smallest absolute Gasteiger partial charge is 0.409 e. The fraction of sp³-hybridized carbons (Fsp3) is 0.250. The fourth-order valence-electron chi connectivity index (χ4n) is 3.60. The summed E-state index contributed by atoms with van der Waals surface area (Å²) in [6.45, 7) is 0.853. The molecule has 4 rings (SSSR count). The number of hydrogen-bond acceptors (Lipinski definition) is 6. The van der Waals surface area contributed by atoms with Crippen molar-refractivity contribution in [3.63, 3.8) is 0 Å². The second kappa shape index (κ2) is 8.52. The number of rotatable bonds is 3. The SMILES string of the molecule is COC(=O)N1CCC(n2cc(C(=O)Nc3c(Cl)cncc3Cl)c(=O)c3cccnc32)C1. The summed E-state index contributed by atoms with van der Waals surface area (Å²) in [4.78, 5) is 47.7. The topological polar surface area (TPSA) is 106 Å². The van der Waals surface area contributed by atoms with Crippen molar-refractivity contribution in [2.24, 2.45) is 0 Å². The van der Waals surface area contributed by atoms with E-state index in [0.717, 1.165) is 0 Å². The third-order valence-corrected chi connectivity index (χ3v) is 5.69. The molecule has 1 aliphatic rings. The van der Waals surface area contributed by atoms with E-state index in [2.05, 4.69) is 15.3 Å². The van der Waals surface area contributed by atoms with Gasteiger partial charge >= 0.3 is 6.09 Å². The molecule has 0 aromatic carbocycles. The number of nitrogens with one attached hydrogen (secondary N) is 1. The van der Waals surface area contributed by atoms with Crippen LogP contribution in [0, 0.1) is 0 Å². The first kappa shape index (κ1) is 21.1. The molecule has 1 unspecified atom stereocenters. The Labute approximate surface area is 186 Å². The lowest BCUT2D eigenvalue weighted by atomic mass is 10.1. The number of hydrogen-bond donors (Lipinski definition) is 1. The molecule has 1 atom stereocenters. The number of carbonyl (C=O) groups excluding carboxylic acids is 2. The summed E-state index contributed by atoms with van der Waals surface area (Å²) in [6.07, 6.45) is 5.90. The largest absolute Gasteiger partial charge is 0.453 e. The molecule has 0 spiro atoms. The van der Waals surface area contributed by atoms with Gasteiger partial charge in [0, 0.05) is 37.9 Å². The fourth-order valence-corrected chi connectivity index (χ4v) is 4.06. The molecule has 4 heterocycles. The van der Waals surface area contributed by atoms with E-state index in [4.69, 9.17) is 27.9 Å². The van der Waals surface area contributed by atoms with Crippen LogP contribution in [-0.2, 0) is 4.74 Å². The van der Waals surface area contributed by atoms with Gasteiger partial charge in [-0.15, -0.1) is 0 Å². The average molecular weight is 462 g/mol. The highest BCUT2D eigenvalue weighted by molar-refractivity contribution is 6.39. The molecule has 1 N–H and O–H groups in total. The summed E-state index contributed by atoms with van der Waals surface area (Å²) >= 11 is 12.2. The first-order valence-corrected chi connectivity index (χ1v) is 10.1. The molecule has 9 nitrogen and oxygen atoms in total. The maximum Gasteiger partial charge on any atom is 0.409 e. The van der Waals surface area contributed by atoms with E-state index < -0.39 is 17.4 Å². The zero-order valence-corrected chi connectivity index (χ0v) is 17.9. The number of carbonyl (C=O) groups is 2. The Hall–Kier alpha value is -3.17. The molecule has 0 radical (unpaired) electrons. The summed E-state index contributed by atoms with van der Waals surface area (Å²) < 4.78 is 6.55. The van der Waals surface area contributed by atoms with Crippen molar-refractivity contribution < 1.29 is 14.3 Å². The molecule has 0 bridgehead atoms. The number of amides is 2. The molecule has 31 heavy (non-hydrogen) atoms. The number of ether oxygens (including phenoxy) is 1. The quantitative estimate of drug-likeness (QED) is 0.640. The van der Waals surface area contributed by atoms with Crippen LogP contribution < -0.4 is 10.7 Å². The number of aromatic nitrogens is 3.